The predicted molar refractivity (Wildman–Crippen MR) is 245 cm³/mol. The Bertz CT molecular complexity index is 2790. The van der Waals surface area contributed by atoms with E-state index in [1.807, 2.05) is 0 Å². The SMILES string of the molecule is CC1(C)c2ccccc2-c2ccc(N(c3ccc(C4CCCCC4)cc3)c3ccc4c(c3)C(C)(C)c3cccc(-c5cccc6c5-c5ccccc5C6(C)C)c3-4)cc21. The standard InChI is InChI=1S/C57H53N/c1-55(2)48-23-13-11-19-45(48)53-43(20-14-24-49(53)55)44-21-15-25-50-54(44)46-33-31-40(35-52(46)57(50,5)6)58(38-28-26-37(27-29-38)36-16-8-7-9-17-36)39-30-32-42-41-18-10-12-22-47(41)56(3,4)51(42)34-39/h10-15,18-36H,7-9,16-17H2,1-6H3. The van der Waals surface area contributed by atoms with E-state index in [1.54, 1.807) is 0 Å². The molecule has 1 heteroatoms. The minimum absolute atomic E-state index is 0.0421. The van der Waals surface area contributed by atoms with E-state index in [1.165, 1.54) is 133 Å². The van der Waals surface area contributed by atoms with Gasteiger partial charge in [-0.05, 0) is 139 Å². The zero-order valence-corrected chi connectivity index (χ0v) is 34.9. The van der Waals surface area contributed by atoms with Gasteiger partial charge in [-0.1, -0.05) is 170 Å². The Kier molecular flexibility index (Phi) is 7.75. The van der Waals surface area contributed by atoms with Gasteiger partial charge >= 0.3 is 0 Å². The topological polar surface area (TPSA) is 3.24 Å². The highest BCUT2D eigenvalue weighted by Gasteiger charge is 2.41. The second-order valence-electron chi connectivity index (χ2n) is 19.1. The summed E-state index contributed by atoms with van der Waals surface area (Å²) in [5, 5.41) is 0. The first-order valence-electron chi connectivity index (χ1n) is 21.7. The molecule has 0 unspecified atom stereocenters. The molecule has 0 spiro atoms. The Labute approximate surface area is 345 Å². The fourth-order valence-electron chi connectivity index (χ4n) is 11.7. The van der Waals surface area contributed by atoms with Crippen LogP contribution in [0, 0.1) is 0 Å². The Balaban J connectivity index is 1.07. The van der Waals surface area contributed by atoms with Crippen LogP contribution in [0.15, 0.2) is 146 Å². The lowest BCUT2D eigenvalue weighted by Gasteiger charge is -2.30. The molecule has 11 rings (SSSR count). The van der Waals surface area contributed by atoms with Crippen LogP contribution in [0.4, 0.5) is 17.1 Å². The molecule has 4 aliphatic rings. The van der Waals surface area contributed by atoms with Crippen LogP contribution in [0.3, 0.4) is 0 Å². The molecule has 7 aromatic rings. The van der Waals surface area contributed by atoms with Crippen LogP contribution in [-0.4, -0.2) is 0 Å². The van der Waals surface area contributed by atoms with Crippen LogP contribution in [0.5, 0.6) is 0 Å². The van der Waals surface area contributed by atoms with Crippen molar-refractivity contribution in [3.8, 4) is 44.5 Å². The summed E-state index contributed by atoms with van der Waals surface area (Å²) in [4.78, 5) is 2.52. The average molecular weight is 752 g/mol. The molecule has 0 heterocycles. The van der Waals surface area contributed by atoms with Crippen molar-refractivity contribution in [3.05, 3.63) is 185 Å². The second kappa shape index (κ2) is 12.7. The summed E-state index contributed by atoms with van der Waals surface area (Å²) >= 11 is 0. The van der Waals surface area contributed by atoms with E-state index in [9.17, 15) is 0 Å². The van der Waals surface area contributed by atoms with Crippen molar-refractivity contribution < 1.29 is 0 Å². The van der Waals surface area contributed by atoms with E-state index in [0.717, 1.165) is 0 Å². The average Bonchev–Trinajstić information content (AvgIpc) is 3.74. The van der Waals surface area contributed by atoms with Crippen molar-refractivity contribution in [1.29, 1.82) is 0 Å². The lowest BCUT2D eigenvalue weighted by Crippen LogP contribution is -2.18. The molecule has 0 amide bonds. The van der Waals surface area contributed by atoms with E-state index < -0.39 is 0 Å². The number of nitrogens with zero attached hydrogens (tertiary/aromatic N) is 1. The molecule has 1 fully saturated rings. The molecule has 0 N–H and O–H groups in total. The van der Waals surface area contributed by atoms with Gasteiger partial charge in [0, 0.05) is 33.3 Å². The lowest BCUT2D eigenvalue weighted by atomic mass is 9.80. The van der Waals surface area contributed by atoms with Crippen LogP contribution in [0.25, 0.3) is 44.5 Å². The minimum Gasteiger partial charge on any atom is -0.310 e. The van der Waals surface area contributed by atoms with Crippen molar-refractivity contribution in [1.82, 2.24) is 0 Å². The molecular weight excluding hydrogens is 699 g/mol. The van der Waals surface area contributed by atoms with Crippen LogP contribution < -0.4 is 4.90 Å². The number of hydrogen-bond donors (Lipinski definition) is 0. The normalized spacial score (nSPS) is 17.5. The molecule has 7 aromatic carbocycles. The van der Waals surface area contributed by atoms with Crippen LogP contribution in [-0.2, 0) is 16.2 Å². The quantitative estimate of drug-likeness (QED) is 0.169. The molecule has 0 saturated heterocycles. The summed E-state index contributed by atoms with van der Waals surface area (Å²) in [5.41, 5.74) is 24.1. The molecule has 0 atom stereocenters. The molecule has 0 bridgehead atoms. The third-order valence-electron chi connectivity index (χ3n) is 14.9. The van der Waals surface area contributed by atoms with Gasteiger partial charge in [-0.2, -0.15) is 0 Å². The van der Waals surface area contributed by atoms with Crippen LogP contribution in [0.2, 0.25) is 0 Å². The second-order valence-corrected chi connectivity index (χ2v) is 19.1. The van der Waals surface area contributed by atoms with Crippen molar-refractivity contribution in [2.75, 3.05) is 4.90 Å². The highest BCUT2D eigenvalue weighted by atomic mass is 15.1. The Morgan fingerprint density at radius 1 is 0.362 bits per heavy atom. The van der Waals surface area contributed by atoms with Crippen LogP contribution in [0.1, 0.15) is 119 Å². The summed E-state index contributed by atoms with van der Waals surface area (Å²) in [6.45, 7) is 14.4. The first kappa shape index (κ1) is 35.5. The van der Waals surface area contributed by atoms with Gasteiger partial charge in [0.15, 0.2) is 0 Å². The van der Waals surface area contributed by atoms with Crippen LogP contribution >= 0.6 is 0 Å². The molecule has 58 heavy (non-hydrogen) atoms. The van der Waals surface area contributed by atoms with Gasteiger partial charge in [-0.25, -0.2) is 0 Å². The number of anilines is 3. The third kappa shape index (κ3) is 5.01. The van der Waals surface area contributed by atoms with Gasteiger partial charge < -0.3 is 4.90 Å². The smallest absolute Gasteiger partial charge is 0.0465 e. The lowest BCUT2D eigenvalue weighted by molar-refractivity contribution is 0.443. The Morgan fingerprint density at radius 2 is 0.776 bits per heavy atom. The van der Waals surface area contributed by atoms with Gasteiger partial charge in [0.2, 0.25) is 0 Å². The van der Waals surface area contributed by atoms with Crippen molar-refractivity contribution >= 4 is 17.1 Å². The predicted octanol–water partition coefficient (Wildman–Crippen LogP) is 15.8. The molecule has 0 aromatic heterocycles. The van der Waals surface area contributed by atoms with Crippen molar-refractivity contribution in [2.45, 2.75) is 95.8 Å². The Morgan fingerprint density at radius 3 is 1.40 bits per heavy atom. The summed E-state index contributed by atoms with van der Waals surface area (Å²) in [6, 6.07) is 56.2. The first-order valence-corrected chi connectivity index (χ1v) is 21.7. The largest absolute Gasteiger partial charge is 0.310 e. The van der Waals surface area contributed by atoms with Gasteiger partial charge in [0.05, 0.1) is 0 Å². The van der Waals surface area contributed by atoms with E-state index >= 15 is 0 Å². The van der Waals surface area contributed by atoms with Gasteiger partial charge in [-0.15, -0.1) is 0 Å². The number of benzene rings is 7. The summed E-state index contributed by atoms with van der Waals surface area (Å²) in [6.07, 6.45) is 6.68. The maximum absolute atomic E-state index is 2.52. The number of rotatable bonds is 5. The van der Waals surface area contributed by atoms with E-state index in [2.05, 4.69) is 192 Å². The number of fused-ring (bicyclic) bond motifs is 9. The Hall–Kier alpha value is -5.66. The van der Waals surface area contributed by atoms with E-state index in [0.29, 0.717) is 5.92 Å². The molecule has 0 radical (unpaired) electrons. The zero-order valence-electron chi connectivity index (χ0n) is 34.9. The van der Waals surface area contributed by atoms with Crippen molar-refractivity contribution in [3.63, 3.8) is 0 Å². The third-order valence-corrected chi connectivity index (χ3v) is 14.9. The minimum atomic E-state index is -0.177. The molecule has 4 aliphatic carbocycles. The fraction of sp³-hybridized carbons (Fsp3) is 0.263. The molecule has 1 saturated carbocycles. The molecule has 286 valence electrons. The summed E-state index contributed by atoms with van der Waals surface area (Å²) < 4.78 is 0. The first-order chi connectivity index (χ1) is 28.0. The fourth-order valence-corrected chi connectivity index (χ4v) is 11.7. The van der Waals surface area contributed by atoms with E-state index in [4.69, 9.17) is 0 Å². The van der Waals surface area contributed by atoms with Gasteiger partial charge in [-0.3, -0.25) is 0 Å². The highest BCUT2D eigenvalue weighted by Crippen LogP contribution is 2.58. The maximum Gasteiger partial charge on any atom is 0.0465 e. The summed E-state index contributed by atoms with van der Waals surface area (Å²) in [7, 11) is 0. The molecule has 0 aliphatic heterocycles. The molecule has 1 nitrogen and oxygen atoms in total. The highest BCUT2D eigenvalue weighted by molar-refractivity contribution is 6.00. The van der Waals surface area contributed by atoms with Gasteiger partial charge in [0.1, 0.15) is 0 Å². The number of hydrogen-bond acceptors (Lipinski definition) is 1. The molecular formula is C57H53N. The van der Waals surface area contributed by atoms with E-state index in [-0.39, 0.29) is 16.2 Å². The zero-order chi connectivity index (χ0) is 39.6. The van der Waals surface area contributed by atoms with Gasteiger partial charge in [0.25, 0.3) is 0 Å². The maximum atomic E-state index is 2.52. The summed E-state index contributed by atoms with van der Waals surface area (Å²) in [5.74, 6) is 0.675. The monoisotopic (exact) mass is 751 g/mol. The van der Waals surface area contributed by atoms with Crippen molar-refractivity contribution in [2.24, 2.45) is 0 Å².